The average Bonchev–Trinajstić information content (AvgIpc) is 2.62. The highest BCUT2D eigenvalue weighted by molar-refractivity contribution is 6.33. The van der Waals surface area contributed by atoms with E-state index in [9.17, 15) is 5.11 Å². The molecule has 0 aliphatic rings. The summed E-state index contributed by atoms with van der Waals surface area (Å²) in [6.45, 7) is 5.75. The van der Waals surface area contributed by atoms with Crippen molar-refractivity contribution in [3.8, 4) is 16.9 Å². The van der Waals surface area contributed by atoms with E-state index in [-0.39, 0.29) is 5.75 Å². The quantitative estimate of drug-likeness (QED) is 0.505. The van der Waals surface area contributed by atoms with Crippen LogP contribution < -0.4 is 16.4 Å². The van der Waals surface area contributed by atoms with Gasteiger partial charge in [0.1, 0.15) is 5.75 Å². The summed E-state index contributed by atoms with van der Waals surface area (Å²) in [5, 5.41) is 17.5. The zero-order chi connectivity index (χ0) is 20.0. The number of halogens is 1. The Morgan fingerprint density at radius 1 is 1.19 bits per heavy atom. The molecule has 0 fully saturated rings. The van der Waals surface area contributed by atoms with Gasteiger partial charge < -0.3 is 21.5 Å². The van der Waals surface area contributed by atoms with Gasteiger partial charge in [0.05, 0.1) is 10.7 Å². The molecule has 0 aliphatic carbocycles. The molecule has 0 bridgehead atoms. The second-order valence-electron chi connectivity index (χ2n) is 6.30. The molecule has 4 nitrogen and oxygen atoms in total. The summed E-state index contributed by atoms with van der Waals surface area (Å²) in [6.07, 6.45) is 7.33. The molecule has 27 heavy (non-hydrogen) atoms. The molecule has 0 unspecified atom stereocenters. The van der Waals surface area contributed by atoms with Crippen LogP contribution in [-0.2, 0) is 0 Å². The van der Waals surface area contributed by atoms with E-state index in [0.29, 0.717) is 10.7 Å². The predicted octanol–water partition coefficient (Wildman–Crippen LogP) is 5.39. The molecule has 0 saturated carbocycles. The SMILES string of the molecule is C/C=C(\C=C(\C)N)c1cc(C)cc(-c2ccc(N/C=C\NC)c(Cl)c2)c1O. The van der Waals surface area contributed by atoms with Crippen LogP contribution in [0.5, 0.6) is 5.75 Å². The van der Waals surface area contributed by atoms with Crippen molar-refractivity contribution in [2.75, 3.05) is 12.4 Å². The summed E-state index contributed by atoms with van der Waals surface area (Å²) in [6, 6.07) is 9.56. The molecule has 0 aromatic heterocycles. The van der Waals surface area contributed by atoms with E-state index in [0.717, 1.165) is 33.5 Å². The van der Waals surface area contributed by atoms with Gasteiger partial charge in [0.25, 0.3) is 0 Å². The first-order valence-corrected chi connectivity index (χ1v) is 9.08. The first-order valence-electron chi connectivity index (χ1n) is 8.70. The van der Waals surface area contributed by atoms with E-state index in [1.54, 1.807) is 12.4 Å². The minimum absolute atomic E-state index is 0.207. The summed E-state index contributed by atoms with van der Waals surface area (Å²) in [4.78, 5) is 0. The van der Waals surface area contributed by atoms with Crippen LogP contribution in [0.3, 0.4) is 0 Å². The van der Waals surface area contributed by atoms with Gasteiger partial charge in [0.15, 0.2) is 0 Å². The number of allylic oxidation sites excluding steroid dienone is 4. The number of phenols is 1. The van der Waals surface area contributed by atoms with Crippen molar-refractivity contribution in [2.24, 2.45) is 5.73 Å². The van der Waals surface area contributed by atoms with Crippen LogP contribution in [0.4, 0.5) is 5.69 Å². The molecule has 2 aromatic rings. The highest BCUT2D eigenvalue weighted by atomic mass is 35.5. The van der Waals surface area contributed by atoms with Gasteiger partial charge in [-0.1, -0.05) is 23.7 Å². The van der Waals surface area contributed by atoms with Crippen molar-refractivity contribution in [2.45, 2.75) is 20.8 Å². The van der Waals surface area contributed by atoms with Gasteiger partial charge in [0.2, 0.25) is 0 Å². The van der Waals surface area contributed by atoms with Crippen LogP contribution in [0, 0.1) is 6.92 Å². The first-order chi connectivity index (χ1) is 12.9. The largest absolute Gasteiger partial charge is 0.507 e. The fourth-order valence-electron chi connectivity index (χ4n) is 2.80. The molecule has 0 spiro atoms. The normalized spacial score (nSPS) is 12.5. The number of benzene rings is 2. The van der Waals surface area contributed by atoms with E-state index < -0.39 is 0 Å². The van der Waals surface area contributed by atoms with Gasteiger partial charge in [-0.3, -0.25) is 0 Å². The van der Waals surface area contributed by atoms with E-state index >= 15 is 0 Å². The monoisotopic (exact) mass is 383 g/mol. The Hall–Kier alpha value is -2.85. The standard InChI is InChI=1S/C22H26ClN3O/c1-5-16(12-15(3)24)18-10-14(2)11-19(22(18)27)17-6-7-21(20(23)13-17)26-9-8-25-4/h5-13,25-27H,24H2,1-4H3/b9-8-,15-12-,16-5+. The highest BCUT2D eigenvalue weighted by Crippen LogP contribution is 2.39. The second kappa shape index (κ2) is 9.19. The molecule has 0 amide bonds. The third-order valence-electron chi connectivity index (χ3n) is 4.03. The Kier molecular flexibility index (Phi) is 6.97. The summed E-state index contributed by atoms with van der Waals surface area (Å²) < 4.78 is 0. The van der Waals surface area contributed by atoms with Crippen molar-refractivity contribution in [1.29, 1.82) is 0 Å². The lowest BCUT2D eigenvalue weighted by Crippen LogP contribution is -1.96. The number of aryl methyl sites for hydroxylation is 1. The molecule has 2 aromatic carbocycles. The smallest absolute Gasteiger partial charge is 0.131 e. The maximum atomic E-state index is 10.9. The van der Waals surface area contributed by atoms with Crippen molar-refractivity contribution in [3.63, 3.8) is 0 Å². The van der Waals surface area contributed by atoms with Gasteiger partial charge in [-0.2, -0.15) is 0 Å². The number of phenolic OH excluding ortho intramolecular Hbond substituents is 1. The van der Waals surface area contributed by atoms with Crippen molar-refractivity contribution in [3.05, 3.63) is 76.7 Å². The molecular formula is C22H26ClN3O. The fourth-order valence-corrected chi connectivity index (χ4v) is 3.03. The zero-order valence-corrected chi connectivity index (χ0v) is 16.9. The van der Waals surface area contributed by atoms with Gasteiger partial charge in [-0.25, -0.2) is 0 Å². The maximum absolute atomic E-state index is 10.9. The fraction of sp³-hybridized carbons (Fsp3) is 0.182. The number of hydrogen-bond acceptors (Lipinski definition) is 4. The lowest BCUT2D eigenvalue weighted by atomic mass is 9.94. The summed E-state index contributed by atoms with van der Waals surface area (Å²) >= 11 is 6.41. The second-order valence-corrected chi connectivity index (χ2v) is 6.71. The van der Waals surface area contributed by atoms with Gasteiger partial charge in [0, 0.05) is 36.3 Å². The summed E-state index contributed by atoms with van der Waals surface area (Å²) in [5.74, 6) is 0.207. The number of hydrogen-bond donors (Lipinski definition) is 4. The van der Waals surface area contributed by atoms with E-state index in [1.807, 2.05) is 70.3 Å². The minimum Gasteiger partial charge on any atom is -0.507 e. The lowest BCUT2D eigenvalue weighted by Gasteiger charge is -2.14. The van der Waals surface area contributed by atoms with Crippen molar-refractivity contribution >= 4 is 22.9 Å². The molecule has 142 valence electrons. The van der Waals surface area contributed by atoms with Gasteiger partial charge in [-0.05, 0) is 67.8 Å². The molecule has 5 heteroatoms. The molecule has 0 atom stereocenters. The summed E-state index contributed by atoms with van der Waals surface area (Å²) in [5.41, 5.74) is 11.5. The molecule has 0 saturated heterocycles. The Balaban J connectivity index is 2.52. The van der Waals surface area contributed by atoms with Crippen LogP contribution in [-0.4, -0.2) is 12.2 Å². The number of nitrogens with two attached hydrogens (primary N) is 1. The number of anilines is 1. The Labute approximate surface area is 166 Å². The van der Waals surface area contributed by atoms with Crippen LogP contribution in [0.2, 0.25) is 5.02 Å². The zero-order valence-electron chi connectivity index (χ0n) is 16.1. The molecule has 0 heterocycles. The third kappa shape index (κ3) is 5.08. The maximum Gasteiger partial charge on any atom is 0.131 e. The predicted molar refractivity (Wildman–Crippen MR) is 117 cm³/mol. The van der Waals surface area contributed by atoms with Gasteiger partial charge in [-0.15, -0.1) is 0 Å². The number of aromatic hydroxyl groups is 1. The van der Waals surface area contributed by atoms with Crippen LogP contribution in [0.25, 0.3) is 16.7 Å². The third-order valence-corrected chi connectivity index (χ3v) is 4.34. The first kappa shape index (κ1) is 20.5. The topological polar surface area (TPSA) is 70.3 Å². The van der Waals surface area contributed by atoms with Crippen LogP contribution >= 0.6 is 11.6 Å². The van der Waals surface area contributed by atoms with E-state index in [2.05, 4.69) is 10.6 Å². The highest BCUT2D eigenvalue weighted by Gasteiger charge is 2.14. The molecule has 2 rings (SSSR count). The number of nitrogens with one attached hydrogen (secondary N) is 2. The van der Waals surface area contributed by atoms with Crippen LogP contribution in [0.1, 0.15) is 25.0 Å². The Morgan fingerprint density at radius 2 is 1.93 bits per heavy atom. The number of rotatable bonds is 6. The van der Waals surface area contributed by atoms with Gasteiger partial charge >= 0.3 is 0 Å². The molecule has 5 N–H and O–H groups in total. The van der Waals surface area contributed by atoms with Crippen molar-refractivity contribution < 1.29 is 5.11 Å². The Bertz CT molecular complexity index is 910. The summed E-state index contributed by atoms with van der Waals surface area (Å²) in [7, 11) is 1.82. The van der Waals surface area contributed by atoms with E-state index in [1.165, 1.54) is 0 Å². The average molecular weight is 384 g/mol. The molecular weight excluding hydrogens is 358 g/mol. The lowest BCUT2D eigenvalue weighted by molar-refractivity contribution is 0.475. The minimum atomic E-state index is 0.207. The Morgan fingerprint density at radius 3 is 2.52 bits per heavy atom. The molecule has 0 aliphatic heterocycles. The molecule has 0 radical (unpaired) electrons. The van der Waals surface area contributed by atoms with Crippen LogP contribution in [0.15, 0.2) is 60.6 Å². The van der Waals surface area contributed by atoms with Crippen molar-refractivity contribution in [1.82, 2.24) is 5.32 Å². The van der Waals surface area contributed by atoms with E-state index in [4.69, 9.17) is 17.3 Å².